The number of carbonyl (C=O) groups is 7. The summed E-state index contributed by atoms with van der Waals surface area (Å²) in [7, 11) is 7.88. The van der Waals surface area contributed by atoms with Gasteiger partial charge in [0.2, 0.25) is 29.5 Å². The number of benzene rings is 1. The molecule has 0 aromatic heterocycles. The Morgan fingerprint density at radius 2 is 1.82 bits per heavy atom. The molecule has 6 amide bonds. The van der Waals surface area contributed by atoms with Crippen molar-refractivity contribution in [3.63, 3.8) is 0 Å². The first kappa shape index (κ1) is 56.6. The summed E-state index contributed by atoms with van der Waals surface area (Å²) in [6.45, 7) is 8.24. The number of fused-ring (bicyclic) bond motifs is 5. The van der Waals surface area contributed by atoms with E-state index in [1.165, 1.54) is 40.7 Å². The van der Waals surface area contributed by atoms with E-state index >= 15 is 0 Å². The highest BCUT2D eigenvalue weighted by Crippen LogP contribution is 2.49. The van der Waals surface area contributed by atoms with E-state index in [-0.39, 0.29) is 72.7 Å². The zero-order valence-electron chi connectivity index (χ0n) is 43.0. The van der Waals surface area contributed by atoms with Crippen LogP contribution in [0, 0.1) is 17.8 Å². The number of imide groups is 1. The second-order valence-corrected chi connectivity index (χ2v) is 21.7. The number of thioether (sulfide) groups is 1. The molecule has 0 spiro atoms. The van der Waals surface area contributed by atoms with Gasteiger partial charge in [-0.3, -0.25) is 34.2 Å². The molecule has 1 unspecified atom stereocenters. The molecule has 5 aliphatic rings. The fourth-order valence-electron chi connectivity index (χ4n) is 10.1. The predicted molar refractivity (Wildman–Crippen MR) is 270 cm³/mol. The molecule has 1 aromatic carbocycles. The summed E-state index contributed by atoms with van der Waals surface area (Å²) >= 11 is 8.31. The Morgan fingerprint density at radius 3 is 2.50 bits per heavy atom. The first-order chi connectivity index (χ1) is 34.1. The van der Waals surface area contributed by atoms with Crippen molar-refractivity contribution in [3.05, 3.63) is 46.5 Å². The molecule has 21 heteroatoms. The number of nitrogens with zero attached hydrogens (tertiary/aromatic N) is 3. The van der Waals surface area contributed by atoms with Crippen LogP contribution in [-0.4, -0.2) is 164 Å². The first-order valence-electron chi connectivity index (χ1n) is 24.9. The Kier molecular flexibility index (Phi) is 19.3. The summed E-state index contributed by atoms with van der Waals surface area (Å²) in [5, 5.41) is 20.2. The molecular formula is C51H73ClN6O13S. The third-order valence-electron chi connectivity index (χ3n) is 14.9. The van der Waals surface area contributed by atoms with Crippen LogP contribution in [0.2, 0.25) is 5.02 Å². The third-order valence-corrected chi connectivity index (χ3v) is 16.6. The van der Waals surface area contributed by atoms with Crippen molar-refractivity contribution < 1.29 is 62.4 Å². The quantitative estimate of drug-likeness (QED) is 0.0783. The van der Waals surface area contributed by atoms with Gasteiger partial charge in [0.05, 0.1) is 30.6 Å². The second-order valence-electron chi connectivity index (χ2n) is 20.0. The van der Waals surface area contributed by atoms with E-state index in [0.717, 1.165) is 29.9 Å². The monoisotopic (exact) mass is 1040 g/mol. The lowest BCUT2D eigenvalue weighted by molar-refractivity contribution is -0.163. The maximum atomic E-state index is 14.4. The van der Waals surface area contributed by atoms with Gasteiger partial charge in [0.1, 0.15) is 40.7 Å². The molecule has 4 bridgehead atoms. The number of rotatable bonds is 16. The number of anilines is 1. The van der Waals surface area contributed by atoms with Crippen LogP contribution in [-0.2, 0) is 54.1 Å². The van der Waals surface area contributed by atoms with Gasteiger partial charge in [-0.1, -0.05) is 42.3 Å². The van der Waals surface area contributed by atoms with Crippen molar-refractivity contribution in [3.8, 4) is 5.75 Å². The highest BCUT2D eigenvalue weighted by atomic mass is 35.5. The Bertz CT molecular complexity index is 2260. The van der Waals surface area contributed by atoms with Gasteiger partial charge in [-0.15, -0.1) is 11.8 Å². The standard InChI is InChI=1S/C51H73ClN6O13S/c1-29-12-10-13-39(68-9)51(66)27-37(69-49(65)55-51)30(2)45-50(4,71-45)40(26-42(60)57(7)35-23-33(22-29)24-36(67-8)44(35)52)70-48(64)31(3)56(6)46(62)34-16-14-32(15-17-34)28-54-41(59)18-20-58-43(61)25-38(47(58)63)72-21-11-19-53-5/h10,12-13,23-24,30-32,34,37-40,45,53,66H,11,14-22,25-28H2,1-9H3,(H,54,59)(H,55,65)/b13-10+,29-12+/t30-,31-,32-,34-,37+,38?,39-,40+,45+,50+,51+/m1/s1. The van der Waals surface area contributed by atoms with E-state index in [1.54, 1.807) is 59.2 Å². The van der Waals surface area contributed by atoms with Gasteiger partial charge in [0.15, 0.2) is 5.72 Å². The minimum absolute atomic E-state index is 0.0123. The minimum Gasteiger partial charge on any atom is -0.495 e. The van der Waals surface area contributed by atoms with E-state index < -0.39 is 70.9 Å². The molecule has 4 fully saturated rings. The van der Waals surface area contributed by atoms with Gasteiger partial charge in [-0.05, 0) is 102 Å². The number of hydrogen-bond acceptors (Lipinski definition) is 15. The average Bonchev–Trinajstić information content (AvgIpc) is 3.97. The highest BCUT2D eigenvalue weighted by Gasteiger charge is 2.64. The minimum atomic E-state index is -1.86. The van der Waals surface area contributed by atoms with Crippen molar-refractivity contribution in [2.24, 2.45) is 17.8 Å². The van der Waals surface area contributed by atoms with Crippen molar-refractivity contribution >= 4 is 70.6 Å². The van der Waals surface area contributed by atoms with Crippen molar-refractivity contribution in [1.82, 2.24) is 25.8 Å². The summed E-state index contributed by atoms with van der Waals surface area (Å²) in [4.78, 5) is 97.7. The van der Waals surface area contributed by atoms with Gasteiger partial charge >= 0.3 is 12.1 Å². The Balaban J connectivity index is 1.10. The molecule has 1 aromatic rings. The fraction of sp³-hybridized carbons (Fsp3) is 0.667. The van der Waals surface area contributed by atoms with E-state index in [4.69, 9.17) is 35.3 Å². The largest absolute Gasteiger partial charge is 0.495 e. The van der Waals surface area contributed by atoms with Gasteiger partial charge < -0.3 is 49.2 Å². The van der Waals surface area contributed by atoms with Crippen molar-refractivity contribution in [2.45, 2.75) is 139 Å². The Morgan fingerprint density at radius 1 is 1.10 bits per heavy atom. The highest BCUT2D eigenvalue weighted by molar-refractivity contribution is 8.00. The number of amides is 6. The lowest BCUT2D eigenvalue weighted by Gasteiger charge is -2.42. The van der Waals surface area contributed by atoms with Crippen LogP contribution in [0.1, 0.15) is 91.0 Å². The summed E-state index contributed by atoms with van der Waals surface area (Å²) < 4.78 is 29.6. The van der Waals surface area contributed by atoms with E-state index in [0.29, 0.717) is 50.1 Å². The maximum Gasteiger partial charge on any atom is 0.409 e. The molecule has 72 heavy (non-hydrogen) atoms. The number of halogens is 1. The zero-order chi connectivity index (χ0) is 52.7. The fourth-order valence-corrected chi connectivity index (χ4v) is 11.6. The molecular weight excluding hydrogens is 972 g/mol. The molecule has 0 radical (unpaired) electrons. The van der Waals surface area contributed by atoms with Crippen LogP contribution in [0.15, 0.2) is 35.9 Å². The zero-order valence-corrected chi connectivity index (χ0v) is 44.5. The maximum absolute atomic E-state index is 14.4. The van der Waals surface area contributed by atoms with Crippen molar-refractivity contribution in [2.75, 3.05) is 65.6 Å². The molecule has 4 heterocycles. The van der Waals surface area contributed by atoms with Gasteiger partial charge in [0.25, 0.3) is 0 Å². The molecule has 6 rings (SSSR count). The molecule has 398 valence electrons. The number of methoxy groups -OCH3 is 2. The smallest absolute Gasteiger partial charge is 0.409 e. The number of ether oxygens (including phenoxy) is 5. The van der Waals surface area contributed by atoms with Gasteiger partial charge in [-0.2, -0.15) is 0 Å². The molecule has 1 saturated carbocycles. The lowest BCUT2D eigenvalue weighted by Crippen LogP contribution is -2.63. The van der Waals surface area contributed by atoms with Crippen LogP contribution in [0.3, 0.4) is 0 Å². The summed E-state index contributed by atoms with van der Waals surface area (Å²) in [6.07, 6.45) is 4.04. The number of hydrogen-bond donors (Lipinski definition) is 4. The predicted octanol–water partition coefficient (Wildman–Crippen LogP) is 4.30. The third kappa shape index (κ3) is 13.3. The van der Waals surface area contributed by atoms with Crippen LogP contribution >= 0.6 is 23.4 Å². The summed E-state index contributed by atoms with van der Waals surface area (Å²) in [5.74, 6) is -1.94. The molecule has 3 saturated heterocycles. The number of alkyl carbamates (subject to hydrolysis) is 1. The molecule has 4 aliphatic heterocycles. The molecule has 9 atom stereocenters. The lowest BCUT2D eigenvalue weighted by atomic mass is 9.81. The number of epoxide rings is 1. The van der Waals surface area contributed by atoms with Crippen LogP contribution in [0.4, 0.5) is 10.5 Å². The van der Waals surface area contributed by atoms with Crippen LogP contribution in [0.25, 0.3) is 0 Å². The Labute approximate surface area is 431 Å². The SMILES string of the molecule is CNCCCSC1CC(=O)N(CCC(=O)NC[C@H]2CC[C@H](C(=O)N(C)[C@H](C)C(=O)O[C@H]3CC(=O)N(C)c4cc(cc(OC)c4Cl)C/C(C)=C/C=C/[C@@H](OC)[C@@]4(O)C[C@H](OC(=O)N4)[C@@H](C)[C@@H]4O[C@@]34C)CC2)C1=O. The average molecular weight is 1050 g/mol. The van der Waals surface area contributed by atoms with E-state index in [2.05, 4.69) is 16.0 Å². The topological polar surface area (TPSA) is 235 Å². The summed E-state index contributed by atoms with van der Waals surface area (Å²) in [6, 6.07) is 2.50. The van der Waals surface area contributed by atoms with Crippen molar-refractivity contribution in [1.29, 1.82) is 0 Å². The molecule has 4 N–H and O–H groups in total. The number of nitrogens with one attached hydrogen (secondary N) is 3. The number of esters is 1. The van der Waals surface area contributed by atoms with Crippen LogP contribution < -0.4 is 25.6 Å². The number of carbonyl (C=O) groups excluding carboxylic acids is 7. The normalized spacial score (nSPS) is 31.6. The van der Waals surface area contributed by atoms with Crippen LogP contribution in [0.5, 0.6) is 5.75 Å². The van der Waals surface area contributed by atoms with Gasteiger partial charge in [-0.25, -0.2) is 9.59 Å². The van der Waals surface area contributed by atoms with E-state index in [9.17, 15) is 38.7 Å². The van der Waals surface area contributed by atoms with E-state index in [1.807, 2.05) is 20.0 Å². The molecule has 19 nitrogen and oxygen atoms in total. The first-order valence-corrected chi connectivity index (χ1v) is 26.3. The number of likely N-dealkylation sites (N-methyl/N-ethyl adjacent to an activating group) is 1. The second kappa shape index (κ2) is 24.5. The number of allylic oxidation sites excluding steroid dienone is 3. The Hall–Kier alpha value is -4.73. The number of aliphatic hydroxyl groups is 1. The molecule has 1 aliphatic carbocycles. The van der Waals surface area contributed by atoms with Gasteiger partial charge in [0, 0.05) is 65.4 Å². The number of likely N-dealkylation sites (tertiary alicyclic amines) is 1. The summed E-state index contributed by atoms with van der Waals surface area (Å²) in [5.41, 5.74) is -1.08.